The minimum atomic E-state index is -0.149. The van der Waals surface area contributed by atoms with Crippen molar-refractivity contribution in [3.05, 3.63) is 58.1 Å². The molecule has 0 aliphatic carbocycles. The molecule has 0 aromatic heterocycles. The molecule has 0 saturated heterocycles. The number of fused-ring (bicyclic) bond motifs is 2. The van der Waals surface area contributed by atoms with E-state index in [1.54, 1.807) is 16.8 Å². The summed E-state index contributed by atoms with van der Waals surface area (Å²) in [5, 5.41) is 0. The molecule has 0 atom stereocenters. The van der Waals surface area contributed by atoms with E-state index in [2.05, 4.69) is 15.9 Å². The number of carbonyl (C=O) groups is 2. The first kappa shape index (κ1) is 19.6. The fourth-order valence-electron chi connectivity index (χ4n) is 3.62. The van der Waals surface area contributed by atoms with Crippen LogP contribution in [0.25, 0.3) is 11.1 Å². The monoisotopic (exact) mass is 447 g/mol. The molecule has 0 fully saturated rings. The molecule has 2 N–H and O–H groups in total. The van der Waals surface area contributed by atoms with Crippen LogP contribution < -0.4 is 15.5 Å². The van der Waals surface area contributed by atoms with Gasteiger partial charge in [0.2, 0.25) is 0 Å². The van der Waals surface area contributed by atoms with Gasteiger partial charge >= 0.3 is 0 Å². The fraction of sp³-hybridized carbons (Fsp3) is 0.200. The molecule has 0 radical (unpaired) electrons. The lowest BCUT2D eigenvalue weighted by Crippen LogP contribution is -2.29. The molecule has 2 aliphatic heterocycles. The van der Waals surface area contributed by atoms with Gasteiger partial charge in [-0.2, -0.15) is 0 Å². The third kappa shape index (κ3) is 2.98. The van der Waals surface area contributed by atoms with E-state index < -0.39 is 0 Å². The van der Waals surface area contributed by atoms with Gasteiger partial charge < -0.3 is 15.5 Å². The lowest BCUT2D eigenvalue weighted by Gasteiger charge is -2.16. The number of nitrogens with zero attached hydrogens (tertiary/aromatic N) is 2. The van der Waals surface area contributed by atoms with Crippen LogP contribution in [0.15, 0.2) is 46.9 Å². The van der Waals surface area contributed by atoms with Gasteiger partial charge in [0.05, 0.1) is 22.5 Å². The second-order valence-electron chi connectivity index (χ2n) is 6.39. The molecular weight excluding hydrogens is 430 g/mol. The van der Waals surface area contributed by atoms with E-state index in [4.69, 9.17) is 5.73 Å². The van der Waals surface area contributed by atoms with Crippen LogP contribution in [-0.4, -0.2) is 32.0 Å². The second-order valence-corrected chi connectivity index (χ2v) is 7.31. The summed E-state index contributed by atoms with van der Waals surface area (Å²) in [6.45, 7) is 1.03. The zero-order valence-corrected chi connectivity index (χ0v) is 17.1. The predicted octanol–water partition coefficient (Wildman–Crippen LogP) is 3.45. The van der Waals surface area contributed by atoms with Crippen LogP contribution in [0, 0.1) is 0 Å². The van der Waals surface area contributed by atoms with Crippen molar-refractivity contribution in [2.24, 2.45) is 5.73 Å². The molecule has 2 aromatic rings. The summed E-state index contributed by atoms with van der Waals surface area (Å²) in [5.41, 5.74) is 9.84. The van der Waals surface area contributed by atoms with E-state index in [9.17, 15) is 9.59 Å². The van der Waals surface area contributed by atoms with Gasteiger partial charge in [0.25, 0.3) is 11.8 Å². The Kier molecular flexibility index (Phi) is 5.42. The zero-order chi connectivity index (χ0) is 18.4. The molecule has 27 heavy (non-hydrogen) atoms. The maximum Gasteiger partial charge on any atom is 0.259 e. The van der Waals surface area contributed by atoms with Gasteiger partial charge in [0.1, 0.15) is 0 Å². The average Bonchev–Trinajstić information content (AvgIpc) is 3.04. The van der Waals surface area contributed by atoms with E-state index in [0.717, 1.165) is 27.0 Å². The zero-order valence-electron chi connectivity index (χ0n) is 14.7. The van der Waals surface area contributed by atoms with Gasteiger partial charge in [-0.05, 0) is 31.2 Å². The number of hydrogen-bond acceptors (Lipinski definition) is 3. The van der Waals surface area contributed by atoms with Gasteiger partial charge in [-0.15, -0.1) is 12.4 Å². The molecule has 0 unspecified atom stereocenters. The highest BCUT2D eigenvalue weighted by Crippen LogP contribution is 2.46. The Balaban J connectivity index is 0.00000210. The fourth-order valence-corrected chi connectivity index (χ4v) is 3.97. The first-order chi connectivity index (χ1) is 12.5. The Labute approximate surface area is 172 Å². The quantitative estimate of drug-likeness (QED) is 0.731. The number of likely N-dealkylation sites (N-methyl/N-ethyl adjacent to an activating group) is 1. The maximum absolute atomic E-state index is 13.3. The highest BCUT2D eigenvalue weighted by atomic mass is 79.9. The van der Waals surface area contributed by atoms with Crippen molar-refractivity contribution in [2.75, 3.05) is 29.9 Å². The van der Waals surface area contributed by atoms with Crippen LogP contribution in [0.4, 0.5) is 11.4 Å². The van der Waals surface area contributed by atoms with E-state index in [1.165, 1.54) is 0 Å². The van der Waals surface area contributed by atoms with Crippen LogP contribution in [0.1, 0.15) is 17.5 Å². The molecule has 5 nitrogen and oxygen atoms in total. The van der Waals surface area contributed by atoms with Crippen molar-refractivity contribution in [3.8, 4) is 0 Å². The Morgan fingerprint density at radius 3 is 2.37 bits per heavy atom. The number of anilines is 2. The first-order valence-corrected chi connectivity index (χ1v) is 9.27. The van der Waals surface area contributed by atoms with Crippen molar-refractivity contribution in [1.82, 2.24) is 0 Å². The number of hydrogen-bond donors (Lipinski definition) is 1. The van der Waals surface area contributed by atoms with E-state index in [0.29, 0.717) is 30.7 Å². The van der Waals surface area contributed by atoms with Gasteiger partial charge in [-0.25, -0.2) is 0 Å². The van der Waals surface area contributed by atoms with Crippen molar-refractivity contribution < 1.29 is 9.59 Å². The standard InChI is InChI=1S/C20H18BrN3O2.ClH/c1-23-15-6-3-2-5-13(15)17(19(23)25)18-14-8-7-12(21)11-16(14)24(20(18)26)10-4-9-22;/h2-3,5-8,11H,4,9-10,22H2,1H3;1H/b18-17+;. The minimum Gasteiger partial charge on any atom is -0.330 e. The summed E-state index contributed by atoms with van der Waals surface area (Å²) in [7, 11) is 1.74. The average molecular weight is 449 g/mol. The molecular formula is C20H19BrClN3O2. The SMILES string of the molecule is CN1C(=O)/C(=C2/C(=O)N(CCCN)c3cc(Br)ccc32)c2ccccc21.Cl. The second kappa shape index (κ2) is 7.46. The number of benzene rings is 2. The normalized spacial score (nSPS) is 17.9. The summed E-state index contributed by atoms with van der Waals surface area (Å²) >= 11 is 3.48. The largest absolute Gasteiger partial charge is 0.330 e. The third-order valence-corrected chi connectivity index (χ3v) is 5.36. The maximum atomic E-state index is 13.3. The van der Waals surface area contributed by atoms with Gasteiger partial charge in [0.15, 0.2) is 0 Å². The highest BCUT2D eigenvalue weighted by molar-refractivity contribution is 9.10. The van der Waals surface area contributed by atoms with Crippen LogP contribution in [0.5, 0.6) is 0 Å². The summed E-state index contributed by atoms with van der Waals surface area (Å²) in [4.78, 5) is 29.6. The van der Waals surface area contributed by atoms with Crippen LogP contribution in [0.3, 0.4) is 0 Å². The Morgan fingerprint density at radius 2 is 1.63 bits per heavy atom. The van der Waals surface area contributed by atoms with E-state index >= 15 is 0 Å². The molecule has 2 aromatic carbocycles. The topological polar surface area (TPSA) is 66.6 Å². The van der Waals surface area contributed by atoms with Gasteiger partial charge in [0, 0.05) is 29.2 Å². The summed E-state index contributed by atoms with van der Waals surface area (Å²) in [6, 6.07) is 13.3. The molecule has 2 amide bonds. The van der Waals surface area contributed by atoms with Crippen molar-refractivity contribution >= 4 is 62.7 Å². The molecule has 4 rings (SSSR count). The Bertz CT molecular complexity index is 973. The minimum absolute atomic E-state index is 0. The number of halogens is 2. The highest BCUT2D eigenvalue weighted by Gasteiger charge is 2.40. The summed E-state index contributed by atoms with van der Waals surface area (Å²) in [5.74, 6) is -0.288. The van der Waals surface area contributed by atoms with Crippen molar-refractivity contribution in [2.45, 2.75) is 6.42 Å². The number of para-hydroxylation sites is 1. The third-order valence-electron chi connectivity index (χ3n) is 4.87. The molecule has 2 heterocycles. The molecule has 0 bridgehead atoms. The number of amides is 2. The molecule has 2 aliphatic rings. The summed E-state index contributed by atoms with van der Waals surface area (Å²) in [6.07, 6.45) is 0.699. The number of rotatable bonds is 3. The van der Waals surface area contributed by atoms with Crippen LogP contribution >= 0.6 is 28.3 Å². The van der Waals surface area contributed by atoms with E-state index in [-0.39, 0.29) is 24.2 Å². The smallest absolute Gasteiger partial charge is 0.259 e. The molecule has 7 heteroatoms. The van der Waals surface area contributed by atoms with E-state index in [1.807, 2.05) is 42.5 Å². The predicted molar refractivity (Wildman–Crippen MR) is 114 cm³/mol. The molecule has 0 spiro atoms. The molecule has 140 valence electrons. The Morgan fingerprint density at radius 1 is 0.963 bits per heavy atom. The van der Waals surface area contributed by atoms with Crippen LogP contribution in [-0.2, 0) is 9.59 Å². The lowest BCUT2D eigenvalue weighted by molar-refractivity contribution is -0.114. The Hall–Kier alpha value is -2.15. The van der Waals surface area contributed by atoms with Crippen LogP contribution in [0.2, 0.25) is 0 Å². The number of nitrogens with two attached hydrogens (primary N) is 1. The van der Waals surface area contributed by atoms with Crippen molar-refractivity contribution in [3.63, 3.8) is 0 Å². The van der Waals surface area contributed by atoms with Gasteiger partial charge in [-0.3, -0.25) is 9.59 Å². The first-order valence-electron chi connectivity index (χ1n) is 8.48. The summed E-state index contributed by atoms with van der Waals surface area (Å²) < 4.78 is 0.892. The van der Waals surface area contributed by atoms with Gasteiger partial charge in [-0.1, -0.05) is 40.2 Å². The van der Waals surface area contributed by atoms with Crippen molar-refractivity contribution in [1.29, 1.82) is 0 Å². The molecule has 0 saturated carbocycles. The lowest BCUT2D eigenvalue weighted by atomic mass is 9.96. The number of carbonyl (C=O) groups excluding carboxylic acids is 2.